The molecule has 0 amide bonds. The van der Waals surface area contributed by atoms with Crippen molar-refractivity contribution >= 4 is 11.4 Å². The fourth-order valence-corrected chi connectivity index (χ4v) is 3.07. The van der Waals surface area contributed by atoms with Gasteiger partial charge >= 0.3 is 0 Å². The minimum Gasteiger partial charge on any atom is -0.493 e. The Kier molecular flexibility index (Phi) is 6.68. The van der Waals surface area contributed by atoms with Crippen molar-refractivity contribution in [1.82, 2.24) is 0 Å². The van der Waals surface area contributed by atoms with Crippen LogP contribution in [0.1, 0.15) is 18.1 Å². The normalized spacial score (nSPS) is 11.2. The van der Waals surface area contributed by atoms with E-state index in [-0.39, 0.29) is 0 Å². The molecule has 0 aliphatic carbocycles. The smallest absolute Gasteiger partial charge is 0.160 e. The molecule has 144 valence electrons. The molecule has 3 aromatic rings. The fraction of sp³-hybridized carbons (Fsp3) is 0.208. The molecule has 0 atom stereocenters. The van der Waals surface area contributed by atoms with Gasteiger partial charge < -0.3 is 9.47 Å². The summed E-state index contributed by atoms with van der Waals surface area (Å²) >= 11 is 0. The zero-order chi connectivity index (χ0) is 19.8. The first kappa shape index (κ1) is 19.5. The molecule has 28 heavy (non-hydrogen) atoms. The second kappa shape index (κ2) is 9.60. The Hall–Kier alpha value is -3.27. The van der Waals surface area contributed by atoms with Crippen LogP contribution in [0.2, 0.25) is 0 Å². The van der Waals surface area contributed by atoms with E-state index in [1.807, 2.05) is 47.5 Å². The van der Waals surface area contributed by atoms with Crippen LogP contribution in [0.3, 0.4) is 0 Å². The largest absolute Gasteiger partial charge is 0.493 e. The third-order valence-corrected chi connectivity index (χ3v) is 4.43. The van der Waals surface area contributed by atoms with Gasteiger partial charge in [-0.15, -0.1) is 0 Å². The lowest BCUT2D eigenvalue weighted by molar-refractivity contribution is 0.354. The summed E-state index contributed by atoms with van der Waals surface area (Å²) < 4.78 is 10.7. The predicted octanol–water partition coefficient (Wildman–Crippen LogP) is 5.33. The van der Waals surface area contributed by atoms with Crippen molar-refractivity contribution in [2.24, 2.45) is 5.10 Å². The zero-order valence-corrected chi connectivity index (χ0v) is 16.6. The van der Waals surface area contributed by atoms with Crippen LogP contribution in [-0.4, -0.2) is 19.9 Å². The summed E-state index contributed by atoms with van der Waals surface area (Å²) in [5.74, 6) is 1.47. The second-order valence-corrected chi connectivity index (χ2v) is 6.58. The molecule has 0 spiro atoms. The van der Waals surface area contributed by atoms with Crippen LogP contribution in [0, 0.1) is 0 Å². The fourth-order valence-electron chi connectivity index (χ4n) is 3.07. The Morgan fingerprint density at radius 2 is 1.43 bits per heavy atom. The Morgan fingerprint density at radius 3 is 2.07 bits per heavy atom. The third-order valence-electron chi connectivity index (χ3n) is 4.43. The maximum Gasteiger partial charge on any atom is 0.160 e. The average molecular weight is 374 g/mol. The number of nitrogens with zero attached hydrogens (tertiary/aromatic N) is 2. The van der Waals surface area contributed by atoms with Crippen molar-refractivity contribution < 1.29 is 9.47 Å². The summed E-state index contributed by atoms with van der Waals surface area (Å²) in [7, 11) is 3.30. The van der Waals surface area contributed by atoms with Gasteiger partial charge in [0.05, 0.1) is 26.5 Å². The van der Waals surface area contributed by atoms with E-state index in [0.717, 1.165) is 34.9 Å². The molecule has 0 radical (unpaired) electrons. The maximum atomic E-state index is 5.41. The zero-order valence-electron chi connectivity index (χ0n) is 16.6. The van der Waals surface area contributed by atoms with Gasteiger partial charge in [-0.05, 0) is 42.3 Å². The average Bonchev–Trinajstić information content (AvgIpc) is 2.74. The molecule has 0 heterocycles. The third kappa shape index (κ3) is 5.13. The van der Waals surface area contributed by atoms with Crippen molar-refractivity contribution in [2.75, 3.05) is 19.2 Å². The number of anilines is 1. The number of benzene rings is 3. The van der Waals surface area contributed by atoms with E-state index in [1.54, 1.807) is 14.2 Å². The first-order valence-electron chi connectivity index (χ1n) is 9.31. The van der Waals surface area contributed by atoms with Gasteiger partial charge in [0, 0.05) is 12.1 Å². The van der Waals surface area contributed by atoms with E-state index in [2.05, 4.69) is 43.3 Å². The maximum absolute atomic E-state index is 5.41. The number of hydrazone groups is 1. The molecule has 0 bridgehead atoms. The van der Waals surface area contributed by atoms with Crippen LogP contribution in [0.5, 0.6) is 11.5 Å². The molecule has 0 aliphatic rings. The van der Waals surface area contributed by atoms with Crippen LogP contribution in [0.25, 0.3) is 0 Å². The van der Waals surface area contributed by atoms with E-state index >= 15 is 0 Å². The molecule has 0 N–H and O–H groups in total. The lowest BCUT2D eigenvalue weighted by Crippen LogP contribution is -2.18. The Labute approximate surface area is 167 Å². The standard InChI is InChI=1S/C24H26N2O2/c1-19(16-21-14-15-23(27-2)24(17-21)28-3)25-26(22-12-8-5-9-13-22)18-20-10-6-4-7-11-20/h4-15,17H,16,18H2,1-3H3/b25-19+. The van der Waals surface area contributed by atoms with E-state index in [9.17, 15) is 0 Å². The van der Waals surface area contributed by atoms with Crippen LogP contribution < -0.4 is 14.5 Å². The minimum atomic E-state index is 0.716. The van der Waals surface area contributed by atoms with Crippen LogP contribution in [0.4, 0.5) is 5.69 Å². The monoisotopic (exact) mass is 374 g/mol. The number of hydrogen-bond acceptors (Lipinski definition) is 4. The molecule has 0 saturated carbocycles. The van der Waals surface area contributed by atoms with Crippen molar-refractivity contribution in [3.8, 4) is 11.5 Å². The van der Waals surface area contributed by atoms with Gasteiger partial charge in [0.1, 0.15) is 0 Å². The molecule has 0 aromatic heterocycles. The summed E-state index contributed by atoms with van der Waals surface area (Å²) in [5, 5.41) is 6.96. The van der Waals surface area contributed by atoms with Gasteiger partial charge in [0.25, 0.3) is 0 Å². The topological polar surface area (TPSA) is 34.1 Å². The molecule has 3 rings (SSSR count). The van der Waals surface area contributed by atoms with Crippen molar-refractivity contribution in [3.05, 3.63) is 90.0 Å². The van der Waals surface area contributed by atoms with Gasteiger partial charge in [0.15, 0.2) is 11.5 Å². The predicted molar refractivity (Wildman–Crippen MR) is 115 cm³/mol. The number of hydrogen-bond donors (Lipinski definition) is 0. The van der Waals surface area contributed by atoms with E-state index in [1.165, 1.54) is 5.56 Å². The number of rotatable bonds is 8. The molecule has 0 fully saturated rings. The lowest BCUT2D eigenvalue weighted by atomic mass is 10.1. The molecule has 4 nitrogen and oxygen atoms in total. The summed E-state index contributed by atoms with van der Waals surface area (Å²) in [6.07, 6.45) is 0.735. The molecule has 0 unspecified atom stereocenters. The first-order valence-corrected chi connectivity index (χ1v) is 9.31. The summed E-state index contributed by atoms with van der Waals surface area (Å²) in [6, 6.07) is 26.6. The van der Waals surface area contributed by atoms with E-state index in [0.29, 0.717) is 6.54 Å². The minimum absolute atomic E-state index is 0.716. The van der Waals surface area contributed by atoms with Crippen molar-refractivity contribution in [2.45, 2.75) is 19.9 Å². The van der Waals surface area contributed by atoms with Gasteiger partial charge in [-0.1, -0.05) is 54.6 Å². The summed E-state index contributed by atoms with van der Waals surface area (Å²) in [4.78, 5) is 0. The Balaban J connectivity index is 1.83. The quantitative estimate of drug-likeness (QED) is 0.395. The second-order valence-electron chi connectivity index (χ2n) is 6.58. The summed E-state index contributed by atoms with van der Waals surface area (Å²) in [5.41, 5.74) is 4.44. The van der Waals surface area contributed by atoms with Crippen LogP contribution >= 0.6 is 0 Å². The molecule has 4 heteroatoms. The summed E-state index contributed by atoms with van der Waals surface area (Å²) in [6.45, 7) is 2.77. The highest BCUT2D eigenvalue weighted by Crippen LogP contribution is 2.28. The first-order chi connectivity index (χ1) is 13.7. The van der Waals surface area contributed by atoms with Crippen molar-refractivity contribution in [1.29, 1.82) is 0 Å². The lowest BCUT2D eigenvalue weighted by Gasteiger charge is -2.21. The molecular formula is C24H26N2O2. The molecule has 0 aliphatic heterocycles. The van der Waals surface area contributed by atoms with Gasteiger partial charge in [0.2, 0.25) is 0 Å². The number of methoxy groups -OCH3 is 2. The van der Waals surface area contributed by atoms with Crippen molar-refractivity contribution in [3.63, 3.8) is 0 Å². The highest BCUT2D eigenvalue weighted by Gasteiger charge is 2.09. The van der Waals surface area contributed by atoms with E-state index < -0.39 is 0 Å². The molecular weight excluding hydrogens is 348 g/mol. The van der Waals surface area contributed by atoms with Crippen LogP contribution in [0.15, 0.2) is 84.0 Å². The van der Waals surface area contributed by atoms with Crippen LogP contribution in [-0.2, 0) is 13.0 Å². The number of ether oxygens (including phenoxy) is 2. The Bertz CT molecular complexity index is 908. The van der Waals surface area contributed by atoms with E-state index in [4.69, 9.17) is 14.6 Å². The Morgan fingerprint density at radius 1 is 0.786 bits per heavy atom. The highest BCUT2D eigenvalue weighted by atomic mass is 16.5. The SMILES string of the molecule is COc1ccc(C/C(C)=N/N(Cc2ccccc2)c2ccccc2)cc1OC. The molecule has 0 saturated heterocycles. The van der Waals surface area contributed by atoms with Gasteiger partial charge in [-0.3, -0.25) is 5.01 Å². The van der Waals surface area contributed by atoms with Gasteiger partial charge in [-0.25, -0.2) is 0 Å². The molecule has 3 aromatic carbocycles. The number of para-hydroxylation sites is 1. The highest BCUT2D eigenvalue weighted by molar-refractivity contribution is 5.85. The van der Waals surface area contributed by atoms with Gasteiger partial charge in [-0.2, -0.15) is 5.10 Å².